The quantitative estimate of drug-likeness (QED) is 0.427. The van der Waals surface area contributed by atoms with Crippen molar-refractivity contribution in [1.82, 2.24) is 21.0 Å². The van der Waals surface area contributed by atoms with Gasteiger partial charge in [0.1, 0.15) is 36.5 Å². The summed E-state index contributed by atoms with van der Waals surface area (Å²) in [6.45, 7) is 1.55. The number of allylic oxidation sites excluding steroid dienone is 3. The van der Waals surface area contributed by atoms with Gasteiger partial charge in [-0.2, -0.15) is 5.10 Å². The summed E-state index contributed by atoms with van der Waals surface area (Å²) in [5, 5.41) is 34.0. The molecule has 5 N–H and O–H groups in total. The lowest BCUT2D eigenvalue weighted by Gasteiger charge is -2.27. The number of hydrogen-bond donors (Lipinski definition) is 5. The molecule has 0 saturated carbocycles. The van der Waals surface area contributed by atoms with E-state index in [0.717, 1.165) is 5.57 Å². The molecule has 1 aromatic carbocycles. The smallest absolute Gasteiger partial charge is 0.272 e. The van der Waals surface area contributed by atoms with E-state index in [-0.39, 0.29) is 31.5 Å². The van der Waals surface area contributed by atoms with E-state index in [0.29, 0.717) is 22.7 Å². The van der Waals surface area contributed by atoms with Gasteiger partial charge in [0, 0.05) is 11.8 Å². The summed E-state index contributed by atoms with van der Waals surface area (Å²) in [7, 11) is 0. The number of amides is 1. The Balaban J connectivity index is 1.51. The topological polar surface area (TPSA) is 118 Å². The lowest BCUT2D eigenvalue weighted by atomic mass is 10.1. The minimum atomic E-state index is -0.969. The number of benzene rings is 1. The van der Waals surface area contributed by atoms with Crippen molar-refractivity contribution in [2.45, 2.75) is 25.4 Å². The Morgan fingerprint density at radius 3 is 2.97 bits per heavy atom. The minimum absolute atomic E-state index is 0.0399. The van der Waals surface area contributed by atoms with Gasteiger partial charge < -0.3 is 30.9 Å². The van der Waals surface area contributed by atoms with Crippen molar-refractivity contribution in [3.8, 4) is 5.75 Å². The second kappa shape index (κ2) is 9.07. The monoisotopic (exact) mass is 423 g/mol. The lowest BCUT2D eigenvalue weighted by molar-refractivity contribution is -0.119. The highest BCUT2D eigenvalue weighted by Gasteiger charge is 2.32. The van der Waals surface area contributed by atoms with Gasteiger partial charge in [-0.25, -0.2) is 5.01 Å². The van der Waals surface area contributed by atoms with E-state index in [4.69, 9.17) is 9.84 Å². The normalized spacial score (nSPS) is 22.4. The predicted octanol–water partition coefficient (Wildman–Crippen LogP) is 0.271. The predicted molar refractivity (Wildman–Crippen MR) is 116 cm³/mol. The Morgan fingerprint density at radius 1 is 1.32 bits per heavy atom. The molecule has 0 radical (unpaired) electrons. The molecular weight excluding hydrogens is 398 g/mol. The van der Waals surface area contributed by atoms with E-state index in [2.05, 4.69) is 21.1 Å². The molecule has 3 aliphatic heterocycles. The molecule has 3 atom stereocenters. The van der Waals surface area contributed by atoms with Crippen LogP contribution >= 0.6 is 0 Å². The summed E-state index contributed by atoms with van der Waals surface area (Å²) in [5.41, 5.74) is 2.78. The van der Waals surface area contributed by atoms with Crippen LogP contribution in [0.5, 0.6) is 5.75 Å². The summed E-state index contributed by atoms with van der Waals surface area (Å²) in [6.07, 6.45) is 9.54. The van der Waals surface area contributed by atoms with E-state index in [9.17, 15) is 9.90 Å². The van der Waals surface area contributed by atoms with Gasteiger partial charge in [0.2, 0.25) is 0 Å². The Bertz CT molecular complexity index is 997. The standard InChI is InChI=1S/C22H25N5O4/c1-14-8-9-23-20(10-14)25-22(30)18-11-24-21-7-6-17(26-27(18)21)16-4-2-3-5-19(16)31-13-15(29)12-28/h2-11,15,20-21,23-24,28-29H,12-13H2,1H3,(H,25,30)/t15-,20?,21?/m1/s1. The van der Waals surface area contributed by atoms with Crippen molar-refractivity contribution in [1.29, 1.82) is 0 Å². The molecule has 2 unspecified atom stereocenters. The number of fused-ring (bicyclic) bond motifs is 1. The van der Waals surface area contributed by atoms with Gasteiger partial charge in [-0.05, 0) is 55.1 Å². The Morgan fingerprint density at radius 2 is 2.16 bits per heavy atom. The molecule has 0 aromatic heterocycles. The van der Waals surface area contributed by atoms with Crippen LogP contribution in [-0.2, 0) is 4.79 Å². The van der Waals surface area contributed by atoms with Gasteiger partial charge in [0.05, 0.1) is 12.3 Å². The molecule has 0 bridgehead atoms. The van der Waals surface area contributed by atoms with Gasteiger partial charge in [-0.3, -0.25) is 4.79 Å². The van der Waals surface area contributed by atoms with Crippen LogP contribution in [-0.4, -0.2) is 58.5 Å². The summed E-state index contributed by atoms with van der Waals surface area (Å²) < 4.78 is 5.67. The van der Waals surface area contributed by atoms with Gasteiger partial charge >= 0.3 is 0 Å². The van der Waals surface area contributed by atoms with E-state index in [1.165, 1.54) is 0 Å². The molecule has 3 heterocycles. The fourth-order valence-corrected chi connectivity index (χ4v) is 3.34. The molecule has 9 nitrogen and oxygen atoms in total. The number of ether oxygens (including phenoxy) is 1. The molecule has 1 aromatic rings. The molecule has 0 saturated heterocycles. The molecule has 0 fully saturated rings. The Kier molecular flexibility index (Phi) is 6.06. The average Bonchev–Trinajstić information content (AvgIpc) is 3.21. The summed E-state index contributed by atoms with van der Waals surface area (Å²) >= 11 is 0. The third-order valence-corrected chi connectivity index (χ3v) is 4.93. The second-order valence-electron chi connectivity index (χ2n) is 7.34. The van der Waals surface area contributed by atoms with Crippen LogP contribution in [0.4, 0.5) is 0 Å². The maximum Gasteiger partial charge on any atom is 0.272 e. The molecule has 3 aliphatic rings. The molecule has 1 amide bonds. The van der Waals surface area contributed by atoms with Crippen molar-refractivity contribution >= 4 is 11.6 Å². The number of hydrazone groups is 1. The zero-order chi connectivity index (χ0) is 21.8. The first-order valence-corrected chi connectivity index (χ1v) is 10.0. The van der Waals surface area contributed by atoms with Crippen molar-refractivity contribution in [2.24, 2.45) is 5.10 Å². The lowest BCUT2D eigenvalue weighted by Crippen LogP contribution is -2.46. The third kappa shape index (κ3) is 4.62. The molecule has 31 heavy (non-hydrogen) atoms. The van der Waals surface area contributed by atoms with E-state index in [1.807, 2.05) is 49.4 Å². The molecule has 0 aliphatic carbocycles. The van der Waals surface area contributed by atoms with Gasteiger partial charge in [0.25, 0.3) is 5.91 Å². The first-order valence-electron chi connectivity index (χ1n) is 10.0. The highest BCUT2D eigenvalue weighted by atomic mass is 16.5. The number of nitrogens with zero attached hydrogens (tertiary/aromatic N) is 2. The van der Waals surface area contributed by atoms with Gasteiger partial charge in [-0.1, -0.05) is 12.1 Å². The first-order chi connectivity index (χ1) is 15.0. The molecule has 0 spiro atoms. The zero-order valence-corrected chi connectivity index (χ0v) is 17.0. The number of carbonyl (C=O) groups excluding carboxylic acids is 1. The SMILES string of the molecule is CC1=CC(NC(=O)C2=CNC3C=CC(c4ccccc4OC[C@H](O)CO)=NN23)NC=C1. The van der Waals surface area contributed by atoms with Crippen LogP contribution in [0.15, 0.2) is 77.3 Å². The van der Waals surface area contributed by atoms with E-state index in [1.54, 1.807) is 23.5 Å². The van der Waals surface area contributed by atoms with Gasteiger partial charge in [-0.15, -0.1) is 0 Å². The average molecular weight is 423 g/mol. The molecular formula is C22H25N5O4. The molecule has 4 rings (SSSR count). The van der Waals surface area contributed by atoms with Crippen LogP contribution < -0.4 is 20.7 Å². The van der Waals surface area contributed by atoms with Crippen molar-refractivity contribution in [3.63, 3.8) is 0 Å². The van der Waals surface area contributed by atoms with Crippen LogP contribution in [0.2, 0.25) is 0 Å². The fraction of sp³-hybridized carbons (Fsp3) is 0.273. The molecule has 162 valence electrons. The Hall–Kier alpha value is -3.56. The number of rotatable bonds is 7. The fourth-order valence-electron chi connectivity index (χ4n) is 3.34. The maximum atomic E-state index is 12.9. The maximum absolute atomic E-state index is 12.9. The molecule has 9 heteroatoms. The highest BCUT2D eigenvalue weighted by Crippen LogP contribution is 2.26. The van der Waals surface area contributed by atoms with E-state index >= 15 is 0 Å². The number of aliphatic hydroxyl groups is 2. The largest absolute Gasteiger partial charge is 0.490 e. The second-order valence-corrected chi connectivity index (χ2v) is 7.34. The van der Waals surface area contributed by atoms with Gasteiger partial charge in [0.15, 0.2) is 0 Å². The highest BCUT2D eigenvalue weighted by molar-refractivity contribution is 6.11. The number of dihydropyridines is 1. The van der Waals surface area contributed by atoms with Crippen LogP contribution in [0.1, 0.15) is 12.5 Å². The summed E-state index contributed by atoms with van der Waals surface area (Å²) in [4.78, 5) is 12.9. The number of carbonyl (C=O) groups is 1. The van der Waals surface area contributed by atoms with E-state index < -0.39 is 6.10 Å². The Labute approximate surface area is 180 Å². The van der Waals surface area contributed by atoms with Crippen molar-refractivity contribution in [2.75, 3.05) is 13.2 Å². The number of aliphatic hydroxyl groups excluding tert-OH is 2. The number of nitrogens with one attached hydrogen (secondary N) is 3. The van der Waals surface area contributed by atoms with Crippen molar-refractivity contribution < 1.29 is 19.7 Å². The number of para-hydroxylation sites is 1. The summed E-state index contributed by atoms with van der Waals surface area (Å²) in [5.74, 6) is 0.263. The van der Waals surface area contributed by atoms with Crippen molar-refractivity contribution in [3.05, 3.63) is 77.8 Å². The van der Waals surface area contributed by atoms with Crippen LogP contribution in [0, 0.1) is 0 Å². The number of hydrogen-bond acceptors (Lipinski definition) is 8. The van der Waals surface area contributed by atoms with Crippen LogP contribution in [0.25, 0.3) is 0 Å². The first kappa shape index (κ1) is 20.7. The third-order valence-electron chi connectivity index (χ3n) is 4.93. The van der Waals surface area contributed by atoms with Crippen LogP contribution in [0.3, 0.4) is 0 Å². The minimum Gasteiger partial charge on any atom is -0.490 e. The zero-order valence-electron chi connectivity index (χ0n) is 17.0. The summed E-state index contributed by atoms with van der Waals surface area (Å²) in [6, 6.07) is 7.29.